The minimum Gasteiger partial charge on any atom is -0.288 e. The van der Waals surface area contributed by atoms with Crippen molar-refractivity contribution in [2.45, 2.75) is 6.92 Å². The SMILES string of the molecule is CC(=O)SCC=Cc1cccc(N=[N+]=[N-])c1. The van der Waals surface area contributed by atoms with Crippen molar-refractivity contribution in [3.63, 3.8) is 0 Å². The Balaban J connectivity index is 2.62. The van der Waals surface area contributed by atoms with Crippen LogP contribution in [0.5, 0.6) is 0 Å². The molecule has 1 aromatic rings. The molecule has 0 saturated carbocycles. The first-order valence-corrected chi connectivity index (χ1v) is 5.66. The third-order valence-corrected chi connectivity index (χ3v) is 2.49. The number of carbonyl (C=O) groups is 1. The zero-order chi connectivity index (χ0) is 11.8. The number of azide groups is 1. The molecule has 0 spiro atoms. The van der Waals surface area contributed by atoms with Crippen molar-refractivity contribution in [1.82, 2.24) is 0 Å². The monoisotopic (exact) mass is 233 g/mol. The Hall–Kier alpha value is -1.71. The molecule has 0 radical (unpaired) electrons. The molecule has 4 nitrogen and oxygen atoms in total. The number of carbonyl (C=O) groups excluding carboxylic acids is 1. The van der Waals surface area contributed by atoms with E-state index in [1.165, 1.54) is 11.8 Å². The van der Waals surface area contributed by atoms with Gasteiger partial charge in [0.1, 0.15) is 0 Å². The molecule has 0 aliphatic heterocycles. The Kier molecular flexibility index (Phi) is 5.19. The summed E-state index contributed by atoms with van der Waals surface area (Å²) in [5.74, 6) is 0.654. The lowest BCUT2D eigenvalue weighted by Gasteiger charge is -1.95. The van der Waals surface area contributed by atoms with Gasteiger partial charge in [-0.15, -0.1) is 0 Å². The topological polar surface area (TPSA) is 65.8 Å². The van der Waals surface area contributed by atoms with Gasteiger partial charge in [0, 0.05) is 23.3 Å². The molecular weight excluding hydrogens is 222 g/mol. The Morgan fingerprint density at radius 1 is 1.62 bits per heavy atom. The minimum absolute atomic E-state index is 0.104. The molecule has 0 N–H and O–H groups in total. The van der Waals surface area contributed by atoms with Gasteiger partial charge < -0.3 is 0 Å². The molecule has 0 unspecified atom stereocenters. The van der Waals surface area contributed by atoms with Crippen molar-refractivity contribution in [3.05, 3.63) is 46.3 Å². The van der Waals surface area contributed by atoms with E-state index in [9.17, 15) is 4.79 Å². The molecule has 5 heteroatoms. The maximum Gasteiger partial charge on any atom is 0.186 e. The smallest absolute Gasteiger partial charge is 0.186 e. The lowest BCUT2D eigenvalue weighted by Crippen LogP contribution is -1.81. The van der Waals surface area contributed by atoms with E-state index in [2.05, 4.69) is 10.0 Å². The zero-order valence-corrected chi connectivity index (χ0v) is 9.65. The van der Waals surface area contributed by atoms with Gasteiger partial charge >= 0.3 is 0 Å². The summed E-state index contributed by atoms with van der Waals surface area (Å²) in [5, 5.41) is 3.62. The first kappa shape index (κ1) is 12.4. The van der Waals surface area contributed by atoms with Gasteiger partial charge in [-0.2, -0.15) is 0 Å². The van der Waals surface area contributed by atoms with E-state index in [1.807, 2.05) is 24.3 Å². The number of hydrogen-bond donors (Lipinski definition) is 0. The number of benzene rings is 1. The maximum absolute atomic E-state index is 10.7. The molecule has 16 heavy (non-hydrogen) atoms. The number of thioether (sulfide) groups is 1. The predicted molar refractivity (Wildman–Crippen MR) is 67.4 cm³/mol. The highest BCUT2D eigenvalue weighted by atomic mass is 32.2. The molecular formula is C11H11N3OS. The fourth-order valence-corrected chi connectivity index (χ4v) is 1.52. The highest BCUT2D eigenvalue weighted by Crippen LogP contribution is 2.15. The van der Waals surface area contributed by atoms with Crippen LogP contribution >= 0.6 is 11.8 Å². The lowest BCUT2D eigenvalue weighted by molar-refractivity contribution is -0.109. The van der Waals surface area contributed by atoms with Crippen LogP contribution in [0.25, 0.3) is 16.5 Å². The van der Waals surface area contributed by atoms with Gasteiger partial charge in [-0.1, -0.05) is 47.2 Å². The van der Waals surface area contributed by atoms with E-state index < -0.39 is 0 Å². The van der Waals surface area contributed by atoms with Crippen molar-refractivity contribution in [3.8, 4) is 0 Å². The van der Waals surface area contributed by atoms with Gasteiger partial charge in [0.2, 0.25) is 0 Å². The van der Waals surface area contributed by atoms with Crippen LogP contribution in [0.15, 0.2) is 35.5 Å². The lowest BCUT2D eigenvalue weighted by atomic mass is 10.2. The molecule has 0 amide bonds. The quantitative estimate of drug-likeness (QED) is 0.449. The van der Waals surface area contributed by atoms with E-state index in [-0.39, 0.29) is 5.12 Å². The normalized spacial score (nSPS) is 10.1. The molecule has 0 fully saturated rings. The van der Waals surface area contributed by atoms with Crippen LogP contribution in [0.3, 0.4) is 0 Å². The van der Waals surface area contributed by atoms with E-state index in [0.717, 1.165) is 5.56 Å². The van der Waals surface area contributed by atoms with Gasteiger partial charge in [-0.25, -0.2) is 0 Å². The second-order valence-corrected chi connectivity index (χ2v) is 4.19. The van der Waals surface area contributed by atoms with Gasteiger partial charge in [0.15, 0.2) is 5.12 Å². The number of nitrogens with zero attached hydrogens (tertiary/aromatic N) is 3. The Labute approximate surface area is 98.0 Å². The summed E-state index contributed by atoms with van der Waals surface area (Å²) < 4.78 is 0. The van der Waals surface area contributed by atoms with Crippen molar-refractivity contribution < 1.29 is 4.79 Å². The largest absolute Gasteiger partial charge is 0.288 e. The molecule has 0 heterocycles. The number of rotatable bonds is 4. The fraction of sp³-hybridized carbons (Fsp3) is 0.182. The number of hydrogen-bond acceptors (Lipinski definition) is 3. The molecule has 1 aromatic carbocycles. The van der Waals surface area contributed by atoms with Crippen LogP contribution in [0.1, 0.15) is 12.5 Å². The molecule has 1 rings (SSSR count). The fourth-order valence-electron chi connectivity index (χ4n) is 1.09. The Morgan fingerprint density at radius 2 is 2.44 bits per heavy atom. The summed E-state index contributed by atoms with van der Waals surface area (Å²) in [6.45, 7) is 1.54. The van der Waals surface area contributed by atoms with Crippen LogP contribution < -0.4 is 0 Å². The summed E-state index contributed by atoms with van der Waals surface area (Å²) in [6.07, 6.45) is 3.80. The first-order chi connectivity index (χ1) is 7.72. The van der Waals surface area contributed by atoms with Crippen LogP contribution in [-0.4, -0.2) is 10.9 Å². The maximum atomic E-state index is 10.7. The van der Waals surface area contributed by atoms with Crippen LogP contribution in [0, 0.1) is 0 Å². The van der Waals surface area contributed by atoms with E-state index in [0.29, 0.717) is 11.4 Å². The van der Waals surface area contributed by atoms with Crippen molar-refractivity contribution in [2.75, 3.05) is 5.75 Å². The highest BCUT2D eigenvalue weighted by molar-refractivity contribution is 8.13. The average Bonchev–Trinajstić information content (AvgIpc) is 2.25. The Bertz CT molecular complexity index is 450. The highest BCUT2D eigenvalue weighted by Gasteiger charge is 1.91. The Morgan fingerprint density at radius 3 is 3.12 bits per heavy atom. The third-order valence-electron chi connectivity index (χ3n) is 1.72. The summed E-state index contributed by atoms with van der Waals surface area (Å²) in [4.78, 5) is 13.4. The molecule has 82 valence electrons. The van der Waals surface area contributed by atoms with Gasteiger partial charge in [-0.3, -0.25) is 4.79 Å². The molecule has 0 saturated heterocycles. The van der Waals surface area contributed by atoms with Crippen molar-refractivity contribution >= 4 is 28.6 Å². The van der Waals surface area contributed by atoms with E-state index in [4.69, 9.17) is 5.53 Å². The predicted octanol–water partition coefficient (Wildman–Crippen LogP) is 3.92. The third kappa shape index (κ3) is 4.68. The molecule has 0 aliphatic rings. The standard InChI is InChI=1S/C11H11N3OS/c1-9(15)16-7-3-5-10-4-2-6-11(8-10)13-14-12/h2-6,8H,7H2,1H3. The van der Waals surface area contributed by atoms with Gasteiger partial charge in [0.05, 0.1) is 0 Å². The van der Waals surface area contributed by atoms with Crippen LogP contribution in [-0.2, 0) is 4.79 Å². The second kappa shape index (κ2) is 6.71. The minimum atomic E-state index is 0.104. The van der Waals surface area contributed by atoms with Crippen molar-refractivity contribution in [2.24, 2.45) is 5.11 Å². The summed E-state index contributed by atoms with van der Waals surface area (Å²) in [5.41, 5.74) is 9.83. The van der Waals surface area contributed by atoms with E-state index in [1.54, 1.807) is 19.1 Å². The van der Waals surface area contributed by atoms with E-state index >= 15 is 0 Å². The van der Waals surface area contributed by atoms with Crippen LogP contribution in [0.4, 0.5) is 5.69 Å². The molecule has 0 aromatic heterocycles. The van der Waals surface area contributed by atoms with Crippen molar-refractivity contribution in [1.29, 1.82) is 0 Å². The molecule has 0 bridgehead atoms. The average molecular weight is 233 g/mol. The summed E-state index contributed by atoms with van der Waals surface area (Å²) in [6, 6.07) is 7.25. The second-order valence-electron chi connectivity index (χ2n) is 2.99. The van der Waals surface area contributed by atoms with Gasteiger partial charge in [0.25, 0.3) is 0 Å². The van der Waals surface area contributed by atoms with Gasteiger partial charge in [-0.05, 0) is 17.2 Å². The molecule has 0 aliphatic carbocycles. The molecule has 0 atom stereocenters. The first-order valence-electron chi connectivity index (χ1n) is 4.67. The summed E-state index contributed by atoms with van der Waals surface area (Å²) >= 11 is 1.26. The zero-order valence-electron chi connectivity index (χ0n) is 8.83. The van der Waals surface area contributed by atoms with Crippen LogP contribution in [0.2, 0.25) is 0 Å². The summed E-state index contributed by atoms with van der Waals surface area (Å²) in [7, 11) is 0.